The first kappa shape index (κ1) is 12.0. The number of rotatable bonds is 4. The lowest BCUT2D eigenvalue weighted by atomic mass is 10.1. The summed E-state index contributed by atoms with van der Waals surface area (Å²) in [4.78, 5) is 10.3. The number of tetrazole rings is 1. The summed E-state index contributed by atoms with van der Waals surface area (Å²) in [5, 5.41) is 21.8. The van der Waals surface area contributed by atoms with Gasteiger partial charge in [0.15, 0.2) is 0 Å². The third-order valence-corrected chi connectivity index (χ3v) is 2.51. The lowest BCUT2D eigenvalue weighted by molar-refractivity contribution is -0.384. The molecule has 8 heteroatoms. The molecule has 2 rings (SSSR count). The third-order valence-electron chi connectivity index (χ3n) is 2.51. The molecule has 0 spiro atoms. The first-order chi connectivity index (χ1) is 8.61. The van der Waals surface area contributed by atoms with Gasteiger partial charge in [-0.05, 0) is 23.4 Å². The van der Waals surface area contributed by atoms with Gasteiger partial charge in [-0.1, -0.05) is 0 Å². The minimum absolute atomic E-state index is 0.0107. The zero-order chi connectivity index (χ0) is 13.1. The highest BCUT2D eigenvalue weighted by molar-refractivity contribution is 5.43. The van der Waals surface area contributed by atoms with Crippen LogP contribution >= 0.6 is 0 Å². The summed E-state index contributed by atoms with van der Waals surface area (Å²) < 4.78 is 6.71. The molecule has 1 aromatic carbocycles. The van der Waals surface area contributed by atoms with Crippen molar-refractivity contribution in [1.82, 2.24) is 20.2 Å². The Balaban J connectivity index is 2.38. The number of ether oxygens (including phenoxy) is 1. The number of nitro groups is 1. The number of nitrogens with zero attached hydrogens (tertiary/aromatic N) is 5. The predicted molar refractivity (Wildman–Crippen MR) is 61.3 cm³/mol. The fourth-order valence-electron chi connectivity index (χ4n) is 1.56. The fourth-order valence-corrected chi connectivity index (χ4v) is 1.56. The summed E-state index contributed by atoms with van der Waals surface area (Å²) in [5.41, 5.74) is 0.665. The van der Waals surface area contributed by atoms with E-state index in [0.29, 0.717) is 23.7 Å². The molecule has 0 radical (unpaired) electrons. The molecule has 0 saturated heterocycles. The maximum atomic E-state index is 10.7. The van der Waals surface area contributed by atoms with Gasteiger partial charge < -0.3 is 4.74 Å². The van der Waals surface area contributed by atoms with E-state index in [1.807, 2.05) is 0 Å². The Hall–Kier alpha value is -2.51. The second-order valence-corrected chi connectivity index (χ2v) is 3.64. The molecule has 0 N–H and O–H groups in total. The van der Waals surface area contributed by atoms with Crippen molar-refractivity contribution in [2.24, 2.45) is 0 Å². The average Bonchev–Trinajstić information content (AvgIpc) is 2.75. The van der Waals surface area contributed by atoms with E-state index >= 15 is 0 Å². The number of aryl methyl sites for hydroxylation is 1. The van der Waals surface area contributed by atoms with Crippen LogP contribution in [0, 0.1) is 17.0 Å². The van der Waals surface area contributed by atoms with Gasteiger partial charge in [-0.15, -0.1) is 5.10 Å². The highest BCUT2D eigenvalue weighted by atomic mass is 16.6. The first-order valence-corrected chi connectivity index (χ1v) is 5.16. The molecule has 0 amide bonds. The summed E-state index contributed by atoms with van der Waals surface area (Å²) >= 11 is 0. The van der Waals surface area contributed by atoms with Crippen molar-refractivity contribution in [2.45, 2.75) is 13.5 Å². The number of hydrogen-bond acceptors (Lipinski definition) is 6. The lowest BCUT2D eigenvalue weighted by Crippen LogP contribution is -2.06. The van der Waals surface area contributed by atoms with Crippen molar-refractivity contribution >= 4 is 5.69 Å². The van der Waals surface area contributed by atoms with Crippen LogP contribution in [0.4, 0.5) is 5.69 Å². The Morgan fingerprint density at radius 3 is 2.83 bits per heavy atom. The van der Waals surface area contributed by atoms with Gasteiger partial charge in [0.1, 0.15) is 11.6 Å². The Morgan fingerprint density at radius 1 is 1.50 bits per heavy atom. The molecule has 0 atom stereocenters. The number of hydrogen-bond donors (Lipinski definition) is 0. The van der Waals surface area contributed by atoms with E-state index in [0.717, 1.165) is 0 Å². The zero-order valence-electron chi connectivity index (χ0n) is 9.90. The van der Waals surface area contributed by atoms with Gasteiger partial charge in [0.25, 0.3) is 5.69 Å². The normalized spacial score (nSPS) is 10.3. The Bertz CT molecular complexity index is 581. The van der Waals surface area contributed by atoms with E-state index in [1.54, 1.807) is 17.7 Å². The molecule has 0 aliphatic heterocycles. The zero-order valence-corrected chi connectivity index (χ0v) is 9.90. The molecule has 18 heavy (non-hydrogen) atoms. The summed E-state index contributed by atoms with van der Waals surface area (Å²) in [6, 6.07) is 4.42. The first-order valence-electron chi connectivity index (χ1n) is 5.16. The van der Waals surface area contributed by atoms with Crippen LogP contribution in [0.25, 0.3) is 0 Å². The molecule has 94 valence electrons. The monoisotopic (exact) mass is 249 g/mol. The Morgan fingerprint density at radius 2 is 2.28 bits per heavy atom. The molecule has 0 bridgehead atoms. The van der Waals surface area contributed by atoms with E-state index in [9.17, 15) is 10.1 Å². The third kappa shape index (κ3) is 2.26. The second kappa shape index (κ2) is 4.78. The van der Waals surface area contributed by atoms with Gasteiger partial charge in [0.2, 0.25) is 0 Å². The molecule has 0 unspecified atom stereocenters. The number of aromatic nitrogens is 4. The Labute approximate surface area is 102 Å². The number of benzene rings is 1. The summed E-state index contributed by atoms with van der Waals surface area (Å²) in [7, 11) is 1.51. The Kier molecular flexibility index (Phi) is 3.18. The largest absolute Gasteiger partial charge is 0.496 e. The smallest absolute Gasteiger partial charge is 0.270 e. The maximum absolute atomic E-state index is 10.7. The van der Waals surface area contributed by atoms with Gasteiger partial charge in [0.05, 0.1) is 18.6 Å². The van der Waals surface area contributed by atoms with Crippen LogP contribution in [0.1, 0.15) is 11.4 Å². The van der Waals surface area contributed by atoms with E-state index in [2.05, 4.69) is 15.5 Å². The molecule has 0 saturated carbocycles. The predicted octanol–water partition coefficient (Wildman–Crippen LogP) is 0.947. The standard InChI is InChI=1S/C10H11N5O3/c1-7-11-12-13-14(7)6-8-5-9(15(16)17)3-4-10(8)18-2/h3-5H,6H2,1-2H3. The topological polar surface area (TPSA) is 96.0 Å². The highest BCUT2D eigenvalue weighted by Crippen LogP contribution is 2.24. The van der Waals surface area contributed by atoms with E-state index < -0.39 is 4.92 Å². The van der Waals surface area contributed by atoms with Gasteiger partial charge in [-0.2, -0.15) is 0 Å². The van der Waals surface area contributed by atoms with Gasteiger partial charge in [-0.3, -0.25) is 10.1 Å². The highest BCUT2D eigenvalue weighted by Gasteiger charge is 2.13. The molecule has 0 aliphatic rings. The molecule has 0 aliphatic carbocycles. The molecule has 2 aromatic rings. The summed E-state index contributed by atoms with van der Waals surface area (Å²) in [5.74, 6) is 1.19. The van der Waals surface area contributed by atoms with Crippen LogP contribution in [0.3, 0.4) is 0 Å². The van der Waals surface area contributed by atoms with Crippen molar-refractivity contribution in [3.8, 4) is 5.75 Å². The molecular weight excluding hydrogens is 238 g/mol. The van der Waals surface area contributed by atoms with Crippen LogP contribution in [-0.4, -0.2) is 32.2 Å². The van der Waals surface area contributed by atoms with Crippen molar-refractivity contribution in [2.75, 3.05) is 7.11 Å². The molecule has 1 heterocycles. The SMILES string of the molecule is COc1ccc([N+](=O)[O-])cc1Cn1nnnc1C. The van der Waals surface area contributed by atoms with Crippen molar-refractivity contribution in [3.63, 3.8) is 0 Å². The van der Waals surface area contributed by atoms with Gasteiger partial charge in [0, 0.05) is 17.7 Å². The van der Waals surface area contributed by atoms with Crippen LogP contribution in [-0.2, 0) is 6.54 Å². The fraction of sp³-hybridized carbons (Fsp3) is 0.300. The van der Waals surface area contributed by atoms with Gasteiger partial charge >= 0.3 is 0 Å². The van der Waals surface area contributed by atoms with Crippen LogP contribution in [0.5, 0.6) is 5.75 Å². The molecule has 1 aromatic heterocycles. The number of methoxy groups -OCH3 is 1. The average molecular weight is 249 g/mol. The van der Waals surface area contributed by atoms with Crippen LogP contribution in [0.2, 0.25) is 0 Å². The number of nitro benzene ring substituents is 1. The minimum Gasteiger partial charge on any atom is -0.496 e. The summed E-state index contributed by atoms with van der Waals surface area (Å²) in [6.45, 7) is 2.08. The summed E-state index contributed by atoms with van der Waals surface area (Å²) in [6.07, 6.45) is 0. The van der Waals surface area contributed by atoms with Crippen LogP contribution in [0.15, 0.2) is 18.2 Å². The van der Waals surface area contributed by atoms with Crippen molar-refractivity contribution in [3.05, 3.63) is 39.7 Å². The van der Waals surface area contributed by atoms with E-state index in [-0.39, 0.29) is 5.69 Å². The van der Waals surface area contributed by atoms with E-state index in [4.69, 9.17) is 4.74 Å². The molecule has 8 nitrogen and oxygen atoms in total. The number of non-ortho nitro benzene ring substituents is 1. The van der Waals surface area contributed by atoms with Gasteiger partial charge in [-0.25, -0.2) is 4.68 Å². The van der Waals surface area contributed by atoms with Crippen molar-refractivity contribution < 1.29 is 9.66 Å². The van der Waals surface area contributed by atoms with Crippen molar-refractivity contribution in [1.29, 1.82) is 0 Å². The molecular formula is C10H11N5O3. The maximum Gasteiger partial charge on any atom is 0.270 e. The quantitative estimate of drug-likeness (QED) is 0.591. The van der Waals surface area contributed by atoms with Crippen LogP contribution < -0.4 is 4.74 Å². The second-order valence-electron chi connectivity index (χ2n) is 3.64. The van der Waals surface area contributed by atoms with E-state index in [1.165, 1.54) is 19.2 Å². The minimum atomic E-state index is -0.449. The molecule has 0 fully saturated rings. The lowest BCUT2D eigenvalue weighted by Gasteiger charge is -2.08.